The monoisotopic (exact) mass is 420 g/mol. The number of hydrogen-bond donors (Lipinski definition) is 1. The molecule has 3 aromatic carbocycles. The number of carbonyl (C=O) groups is 1. The molecule has 2 heterocycles. The van der Waals surface area contributed by atoms with Gasteiger partial charge in [0.25, 0.3) is 5.91 Å². The summed E-state index contributed by atoms with van der Waals surface area (Å²) >= 11 is 0. The number of hydrazone groups is 1. The van der Waals surface area contributed by atoms with Gasteiger partial charge in [0, 0.05) is 39.9 Å². The average Bonchev–Trinajstić information content (AvgIpc) is 2.84. The maximum absolute atomic E-state index is 13.4. The number of aromatic nitrogens is 2. The molecule has 32 heavy (non-hydrogen) atoms. The molecule has 0 bridgehead atoms. The van der Waals surface area contributed by atoms with E-state index in [0.29, 0.717) is 11.3 Å². The highest BCUT2D eigenvalue weighted by Crippen LogP contribution is 2.29. The Labute approximate surface area is 183 Å². The molecule has 5 rings (SSSR count). The number of fused-ring (bicyclic) bond motifs is 3. The quantitative estimate of drug-likeness (QED) is 0.242. The predicted octanol–water partition coefficient (Wildman–Crippen LogP) is 5.35. The molecule has 0 radical (unpaired) electrons. The highest BCUT2D eigenvalue weighted by atomic mass is 19.1. The van der Waals surface area contributed by atoms with Crippen molar-refractivity contribution in [1.82, 2.24) is 15.4 Å². The van der Waals surface area contributed by atoms with E-state index in [1.165, 1.54) is 12.1 Å². The van der Waals surface area contributed by atoms with E-state index in [0.717, 1.165) is 32.8 Å². The van der Waals surface area contributed by atoms with Crippen molar-refractivity contribution in [3.05, 3.63) is 108 Å². The number of nitrogens with zero attached hydrogens (tertiary/aromatic N) is 3. The number of nitrogens with one attached hydrogen (secondary N) is 1. The fraction of sp³-hybridized carbons (Fsp3) is 0. The van der Waals surface area contributed by atoms with Crippen molar-refractivity contribution < 1.29 is 9.18 Å². The van der Waals surface area contributed by atoms with Crippen LogP contribution in [0.1, 0.15) is 15.9 Å². The maximum Gasteiger partial charge on any atom is 0.271 e. The van der Waals surface area contributed by atoms with Crippen molar-refractivity contribution in [3.8, 4) is 11.3 Å². The van der Waals surface area contributed by atoms with E-state index in [2.05, 4.69) is 15.5 Å². The fourth-order valence-corrected chi connectivity index (χ4v) is 3.59. The molecule has 5 nitrogen and oxygen atoms in total. The summed E-state index contributed by atoms with van der Waals surface area (Å²) in [6.07, 6.45) is 4.70. The van der Waals surface area contributed by atoms with E-state index in [9.17, 15) is 9.18 Å². The van der Waals surface area contributed by atoms with Crippen LogP contribution in [0.5, 0.6) is 0 Å². The first-order chi connectivity index (χ1) is 15.7. The van der Waals surface area contributed by atoms with Gasteiger partial charge in [-0.2, -0.15) is 5.10 Å². The van der Waals surface area contributed by atoms with Crippen LogP contribution in [0.25, 0.3) is 32.9 Å². The summed E-state index contributed by atoms with van der Waals surface area (Å²) in [5.74, 6) is -0.633. The van der Waals surface area contributed by atoms with E-state index < -0.39 is 0 Å². The van der Waals surface area contributed by atoms with E-state index >= 15 is 0 Å². The van der Waals surface area contributed by atoms with Gasteiger partial charge in [-0.3, -0.25) is 9.78 Å². The van der Waals surface area contributed by atoms with E-state index in [1.807, 2.05) is 42.5 Å². The van der Waals surface area contributed by atoms with Crippen LogP contribution < -0.4 is 5.43 Å². The molecule has 0 aliphatic carbocycles. The van der Waals surface area contributed by atoms with Gasteiger partial charge >= 0.3 is 0 Å². The minimum atomic E-state index is -0.328. The minimum absolute atomic E-state index is 0.305. The largest absolute Gasteiger partial charge is 0.271 e. The molecule has 0 fully saturated rings. The average molecular weight is 420 g/mol. The van der Waals surface area contributed by atoms with Crippen LogP contribution in [-0.2, 0) is 0 Å². The van der Waals surface area contributed by atoms with Gasteiger partial charge in [0.05, 0.1) is 17.4 Å². The normalized spacial score (nSPS) is 11.3. The number of carbonyl (C=O) groups excluding carboxylic acids is 1. The summed E-state index contributed by atoms with van der Waals surface area (Å²) in [5, 5.41) is 7.14. The standard InChI is InChI=1S/C26H17FN4O/c27-21-8-5-18(6-9-21)24-15-20(16-29-31-26(32)19-11-13-28-14-12-19)23-10-7-17-3-1-2-4-22(17)25(23)30-24/h1-16H,(H,31,32)/b29-16+. The molecule has 5 aromatic rings. The van der Waals surface area contributed by atoms with Gasteiger partial charge in [0.15, 0.2) is 0 Å². The topological polar surface area (TPSA) is 67.2 Å². The summed E-state index contributed by atoms with van der Waals surface area (Å²) < 4.78 is 13.4. The lowest BCUT2D eigenvalue weighted by atomic mass is 10.0. The van der Waals surface area contributed by atoms with Crippen LogP contribution in [0.2, 0.25) is 0 Å². The van der Waals surface area contributed by atoms with Gasteiger partial charge in [-0.05, 0) is 47.9 Å². The molecule has 1 N–H and O–H groups in total. The zero-order chi connectivity index (χ0) is 21.9. The Balaban J connectivity index is 1.61. The van der Waals surface area contributed by atoms with E-state index in [4.69, 9.17) is 4.98 Å². The van der Waals surface area contributed by atoms with Crippen LogP contribution in [-0.4, -0.2) is 22.1 Å². The molecule has 0 atom stereocenters. The Bertz CT molecular complexity index is 1460. The zero-order valence-electron chi connectivity index (χ0n) is 16.9. The third-order valence-corrected chi connectivity index (χ3v) is 5.19. The second kappa shape index (κ2) is 8.35. The van der Waals surface area contributed by atoms with Crippen LogP contribution in [0.4, 0.5) is 4.39 Å². The lowest BCUT2D eigenvalue weighted by Gasteiger charge is -2.10. The summed E-state index contributed by atoms with van der Waals surface area (Å²) in [6, 6.07) is 23.3. The van der Waals surface area contributed by atoms with Crippen LogP contribution in [0.3, 0.4) is 0 Å². The highest BCUT2D eigenvalue weighted by Gasteiger charge is 2.10. The Morgan fingerprint density at radius 3 is 2.50 bits per heavy atom. The zero-order valence-corrected chi connectivity index (χ0v) is 16.9. The van der Waals surface area contributed by atoms with Gasteiger partial charge < -0.3 is 0 Å². The van der Waals surface area contributed by atoms with Crippen LogP contribution in [0.15, 0.2) is 96.4 Å². The van der Waals surface area contributed by atoms with Gasteiger partial charge in [0.2, 0.25) is 0 Å². The van der Waals surface area contributed by atoms with Crippen LogP contribution in [0, 0.1) is 5.82 Å². The van der Waals surface area contributed by atoms with Crippen molar-refractivity contribution in [1.29, 1.82) is 0 Å². The number of halogens is 1. The molecule has 2 aromatic heterocycles. The van der Waals surface area contributed by atoms with Crippen molar-refractivity contribution >= 4 is 33.8 Å². The second-order valence-corrected chi connectivity index (χ2v) is 7.22. The Morgan fingerprint density at radius 1 is 0.906 bits per heavy atom. The first kappa shape index (κ1) is 19.5. The Kier molecular flexibility index (Phi) is 5.09. The lowest BCUT2D eigenvalue weighted by molar-refractivity contribution is 0.0955. The predicted molar refractivity (Wildman–Crippen MR) is 124 cm³/mol. The molecule has 0 saturated carbocycles. The van der Waals surface area contributed by atoms with Gasteiger partial charge in [0.1, 0.15) is 5.82 Å². The molecule has 0 spiro atoms. The van der Waals surface area contributed by atoms with Crippen molar-refractivity contribution in [2.75, 3.05) is 0 Å². The number of hydrogen-bond acceptors (Lipinski definition) is 4. The molecule has 0 aliphatic rings. The SMILES string of the molecule is O=C(N/N=C/c1cc(-c2ccc(F)cc2)nc2c1ccc1ccccc12)c1ccncc1. The number of pyridine rings is 2. The first-order valence-corrected chi connectivity index (χ1v) is 10.0. The maximum atomic E-state index is 13.4. The molecular formula is C26H17FN4O. The third kappa shape index (κ3) is 3.81. The Hall–Kier alpha value is -4.45. The number of benzene rings is 3. The molecule has 0 aliphatic heterocycles. The van der Waals surface area contributed by atoms with E-state index in [-0.39, 0.29) is 11.7 Å². The van der Waals surface area contributed by atoms with Crippen LogP contribution >= 0.6 is 0 Å². The van der Waals surface area contributed by atoms with E-state index in [1.54, 1.807) is 42.9 Å². The van der Waals surface area contributed by atoms with Crippen molar-refractivity contribution in [2.45, 2.75) is 0 Å². The summed E-state index contributed by atoms with van der Waals surface area (Å²) in [6.45, 7) is 0. The fourth-order valence-electron chi connectivity index (χ4n) is 3.59. The molecule has 154 valence electrons. The number of amides is 1. The van der Waals surface area contributed by atoms with Gasteiger partial charge in [-0.25, -0.2) is 14.8 Å². The van der Waals surface area contributed by atoms with Gasteiger partial charge in [-0.1, -0.05) is 36.4 Å². The summed E-state index contributed by atoms with van der Waals surface area (Å²) in [7, 11) is 0. The summed E-state index contributed by atoms with van der Waals surface area (Å²) in [4.78, 5) is 21.1. The van der Waals surface area contributed by atoms with Crippen molar-refractivity contribution in [3.63, 3.8) is 0 Å². The first-order valence-electron chi connectivity index (χ1n) is 10.0. The molecule has 6 heteroatoms. The van der Waals surface area contributed by atoms with Crippen molar-refractivity contribution in [2.24, 2.45) is 5.10 Å². The molecule has 0 unspecified atom stereocenters. The molecular weight excluding hydrogens is 403 g/mol. The number of rotatable bonds is 4. The lowest BCUT2D eigenvalue weighted by Crippen LogP contribution is -2.17. The minimum Gasteiger partial charge on any atom is -0.267 e. The third-order valence-electron chi connectivity index (χ3n) is 5.19. The molecule has 0 saturated heterocycles. The van der Waals surface area contributed by atoms with Gasteiger partial charge in [-0.15, -0.1) is 0 Å². The highest BCUT2D eigenvalue weighted by molar-refractivity contribution is 6.11. The smallest absolute Gasteiger partial charge is 0.267 e. The summed E-state index contributed by atoms with van der Waals surface area (Å²) in [5.41, 5.74) is 6.09. The Morgan fingerprint density at radius 2 is 1.69 bits per heavy atom. The molecule has 1 amide bonds. The second-order valence-electron chi connectivity index (χ2n) is 7.22.